The summed E-state index contributed by atoms with van der Waals surface area (Å²) in [5, 5.41) is 0. The largest absolute Gasteiger partial charge is 0.741 e. The highest BCUT2D eigenvalue weighted by atomic mass is 79.9. The van der Waals surface area contributed by atoms with Gasteiger partial charge in [0.05, 0.1) is 10.0 Å². The second-order valence-corrected chi connectivity index (χ2v) is 6.80. The lowest BCUT2D eigenvalue weighted by molar-refractivity contribution is -0.556. The molecule has 0 aliphatic carbocycles. The van der Waals surface area contributed by atoms with E-state index in [0.717, 1.165) is 21.3 Å². The molecule has 0 N–H and O–H groups in total. The fourth-order valence-corrected chi connectivity index (χ4v) is 2.13. The Hall–Kier alpha value is -1.97. The van der Waals surface area contributed by atoms with Crippen LogP contribution < -0.4 is 4.57 Å². The van der Waals surface area contributed by atoms with Crippen LogP contribution >= 0.6 is 15.9 Å². The Balaban J connectivity index is 0.000000333. The van der Waals surface area contributed by atoms with Gasteiger partial charge >= 0.3 is 5.51 Å². The molecule has 0 radical (unpaired) electrons. The van der Waals surface area contributed by atoms with E-state index in [1.165, 1.54) is 0 Å². The summed E-state index contributed by atoms with van der Waals surface area (Å²) in [5.74, 6) is 0. The Morgan fingerprint density at radius 3 is 2.16 bits per heavy atom. The Kier molecular flexibility index (Phi) is 7.09. The summed E-state index contributed by atoms with van der Waals surface area (Å²) in [7, 11) is -6.09. The number of nitrogens with zero attached hydrogens (tertiary/aromatic N) is 1. The third-order valence-corrected chi connectivity index (χ3v) is 3.91. The van der Waals surface area contributed by atoms with Gasteiger partial charge in [0, 0.05) is 6.07 Å². The van der Waals surface area contributed by atoms with Crippen molar-refractivity contribution in [3.63, 3.8) is 0 Å². The van der Waals surface area contributed by atoms with Crippen LogP contribution in [0.3, 0.4) is 0 Å². The number of halogens is 4. The first-order chi connectivity index (χ1) is 11.5. The van der Waals surface area contributed by atoms with Gasteiger partial charge in [0.25, 0.3) is 0 Å². The molecule has 2 rings (SSSR count). The molecule has 0 saturated heterocycles. The first kappa shape index (κ1) is 21.1. The molecule has 1 aromatic carbocycles. The van der Waals surface area contributed by atoms with Crippen molar-refractivity contribution in [1.82, 2.24) is 0 Å². The maximum Gasteiger partial charge on any atom is 0.485 e. The van der Waals surface area contributed by atoms with E-state index in [2.05, 4.69) is 47.3 Å². The zero-order valence-corrected chi connectivity index (χ0v) is 15.1. The van der Waals surface area contributed by atoms with Crippen LogP contribution in [0, 0.1) is 0 Å². The number of rotatable bonds is 3. The minimum Gasteiger partial charge on any atom is -0.741 e. The molecule has 0 bridgehead atoms. The second kappa shape index (κ2) is 8.41. The monoisotopic (exact) mass is 435 g/mol. The molecule has 1 heterocycles. The molecule has 0 aliphatic heterocycles. The smallest absolute Gasteiger partial charge is 0.485 e. The SMILES string of the molecule is C=Cc1ccccc1-c1ccc(Br)c[n+]1C=C.O=S(=O)([O-])C(F)(F)F. The average molecular weight is 436 g/mol. The molecular weight excluding hydrogens is 423 g/mol. The molecule has 0 amide bonds. The molecule has 0 aliphatic rings. The third kappa shape index (κ3) is 5.80. The van der Waals surface area contributed by atoms with E-state index < -0.39 is 15.6 Å². The van der Waals surface area contributed by atoms with Gasteiger partial charge in [-0.3, -0.25) is 0 Å². The fraction of sp³-hybridized carbons (Fsp3) is 0.0625. The summed E-state index contributed by atoms with van der Waals surface area (Å²) in [4.78, 5) is 0. The molecule has 0 unspecified atom stereocenters. The van der Waals surface area contributed by atoms with E-state index in [0.29, 0.717) is 0 Å². The molecule has 9 heteroatoms. The molecular formula is C16H13BrF3NO3S. The zero-order valence-electron chi connectivity index (χ0n) is 12.7. The van der Waals surface area contributed by atoms with Gasteiger partial charge in [-0.15, -0.1) is 0 Å². The normalized spacial score (nSPS) is 11.2. The Bertz CT molecular complexity index is 880. The lowest BCUT2D eigenvalue weighted by Crippen LogP contribution is -2.28. The van der Waals surface area contributed by atoms with E-state index in [1.807, 2.05) is 35.0 Å². The number of pyridine rings is 1. The Morgan fingerprint density at radius 2 is 1.68 bits per heavy atom. The van der Waals surface area contributed by atoms with Gasteiger partial charge in [-0.05, 0) is 40.2 Å². The van der Waals surface area contributed by atoms with Crippen molar-refractivity contribution in [2.75, 3.05) is 0 Å². The van der Waals surface area contributed by atoms with Crippen LogP contribution in [0.1, 0.15) is 5.56 Å². The summed E-state index contributed by atoms with van der Waals surface area (Å²) in [6, 6.07) is 12.3. The molecule has 0 atom stereocenters. The molecule has 25 heavy (non-hydrogen) atoms. The molecule has 2 aromatic rings. The van der Waals surface area contributed by atoms with Crippen molar-refractivity contribution in [2.45, 2.75) is 5.51 Å². The highest BCUT2D eigenvalue weighted by Gasteiger charge is 2.36. The molecule has 134 valence electrons. The third-order valence-electron chi connectivity index (χ3n) is 2.88. The topological polar surface area (TPSA) is 61.1 Å². The first-order valence-corrected chi connectivity index (χ1v) is 8.78. The lowest BCUT2D eigenvalue weighted by atomic mass is 10.0. The van der Waals surface area contributed by atoms with Gasteiger partial charge in [-0.1, -0.05) is 30.9 Å². The Morgan fingerprint density at radius 1 is 1.12 bits per heavy atom. The minimum absolute atomic E-state index is 1.03. The maximum absolute atomic E-state index is 10.7. The standard InChI is InChI=1S/C15H13BrN.CHF3O3S/c1-3-12-7-5-6-8-14(12)15-10-9-13(16)11-17(15)4-2;2-1(3,4)8(5,6)7/h3-11H,1-2H2;(H,5,6,7)/q+1;/p-1. The number of aromatic nitrogens is 1. The van der Waals surface area contributed by atoms with Crippen LogP contribution in [0.15, 0.2) is 60.2 Å². The first-order valence-electron chi connectivity index (χ1n) is 6.58. The van der Waals surface area contributed by atoms with Crippen LogP contribution in [0.25, 0.3) is 23.5 Å². The molecule has 0 saturated carbocycles. The number of benzene rings is 1. The highest BCUT2D eigenvalue weighted by Crippen LogP contribution is 2.23. The van der Waals surface area contributed by atoms with Crippen molar-refractivity contribution in [2.24, 2.45) is 0 Å². The predicted octanol–water partition coefficient (Wildman–Crippen LogP) is 4.20. The Labute approximate surface area is 151 Å². The van der Waals surface area contributed by atoms with Crippen molar-refractivity contribution < 1.29 is 30.7 Å². The van der Waals surface area contributed by atoms with Crippen molar-refractivity contribution >= 4 is 38.3 Å². The van der Waals surface area contributed by atoms with Crippen molar-refractivity contribution in [3.05, 3.63) is 65.8 Å². The van der Waals surface area contributed by atoms with E-state index >= 15 is 0 Å². The summed E-state index contributed by atoms with van der Waals surface area (Å²) in [6.45, 7) is 7.68. The van der Waals surface area contributed by atoms with Crippen LogP contribution in [-0.2, 0) is 10.1 Å². The van der Waals surface area contributed by atoms with E-state index in [9.17, 15) is 13.2 Å². The molecule has 0 fully saturated rings. The van der Waals surface area contributed by atoms with Gasteiger partial charge in [-0.25, -0.2) is 8.42 Å². The van der Waals surface area contributed by atoms with Crippen LogP contribution in [-0.4, -0.2) is 18.5 Å². The van der Waals surface area contributed by atoms with Crippen molar-refractivity contribution in [1.29, 1.82) is 0 Å². The minimum atomic E-state index is -6.09. The number of hydrogen-bond acceptors (Lipinski definition) is 3. The highest BCUT2D eigenvalue weighted by molar-refractivity contribution is 9.10. The van der Waals surface area contributed by atoms with Gasteiger partial charge in [0.1, 0.15) is 0 Å². The van der Waals surface area contributed by atoms with Crippen LogP contribution in [0.2, 0.25) is 0 Å². The lowest BCUT2D eigenvalue weighted by Gasteiger charge is -2.08. The van der Waals surface area contributed by atoms with Gasteiger partial charge in [-0.2, -0.15) is 17.7 Å². The molecule has 1 aromatic heterocycles. The summed E-state index contributed by atoms with van der Waals surface area (Å²) in [5.41, 5.74) is -2.29. The zero-order chi connectivity index (χ0) is 19.3. The summed E-state index contributed by atoms with van der Waals surface area (Å²) < 4.78 is 61.9. The van der Waals surface area contributed by atoms with Crippen molar-refractivity contribution in [3.8, 4) is 11.3 Å². The quantitative estimate of drug-likeness (QED) is 0.412. The predicted molar refractivity (Wildman–Crippen MR) is 92.0 cm³/mol. The van der Waals surface area contributed by atoms with Gasteiger partial charge in [0.2, 0.25) is 5.69 Å². The second-order valence-electron chi connectivity index (χ2n) is 4.51. The number of alkyl halides is 3. The number of hydrogen-bond donors (Lipinski definition) is 0. The molecule has 0 spiro atoms. The van der Waals surface area contributed by atoms with E-state index in [-0.39, 0.29) is 0 Å². The van der Waals surface area contributed by atoms with Gasteiger partial charge in [0.15, 0.2) is 22.5 Å². The molecule has 4 nitrogen and oxygen atoms in total. The summed E-state index contributed by atoms with van der Waals surface area (Å²) in [6.07, 6.45) is 5.65. The van der Waals surface area contributed by atoms with E-state index in [4.69, 9.17) is 13.0 Å². The van der Waals surface area contributed by atoms with Gasteiger partial charge < -0.3 is 4.55 Å². The van der Waals surface area contributed by atoms with Crippen LogP contribution in [0.4, 0.5) is 13.2 Å². The summed E-state index contributed by atoms with van der Waals surface area (Å²) >= 11 is 3.46. The fourth-order valence-electron chi connectivity index (χ4n) is 1.78. The average Bonchev–Trinajstić information content (AvgIpc) is 2.53. The van der Waals surface area contributed by atoms with E-state index in [1.54, 1.807) is 6.20 Å². The van der Waals surface area contributed by atoms with Crippen LogP contribution in [0.5, 0.6) is 0 Å². The maximum atomic E-state index is 10.7.